The molecule has 0 saturated carbocycles. The summed E-state index contributed by atoms with van der Waals surface area (Å²) >= 11 is 0. The van der Waals surface area contributed by atoms with Crippen molar-refractivity contribution in [3.8, 4) is 0 Å². The van der Waals surface area contributed by atoms with Crippen LogP contribution in [0.4, 0.5) is 5.69 Å². The standard InChI is InChI=1S/C18H19N3O2/c1-13-5-2-8-16(19-13)18(23)20-15-7-3-6-14(11-15)12-21-10-4-9-17(21)22/h2-3,5-8,11H,4,9-10,12H2,1H3,(H,20,23). The summed E-state index contributed by atoms with van der Waals surface area (Å²) in [4.78, 5) is 30.0. The van der Waals surface area contributed by atoms with Gasteiger partial charge in [-0.1, -0.05) is 18.2 Å². The number of carbonyl (C=O) groups is 2. The van der Waals surface area contributed by atoms with E-state index in [-0.39, 0.29) is 11.8 Å². The zero-order chi connectivity index (χ0) is 16.2. The van der Waals surface area contributed by atoms with Crippen molar-refractivity contribution in [2.75, 3.05) is 11.9 Å². The summed E-state index contributed by atoms with van der Waals surface area (Å²) in [6, 6.07) is 12.9. The van der Waals surface area contributed by atoms with Crippen LogP contribution in [0.3, 0.4) is 0 Å². The molecule has 0 aliphatic carbocycles. The highest BCUT2D eigenvalue weighted by atomic mass is 16.2. The van der Waals surface area contributed by atoms with Gasteiger partial charge in [-0.2, -0.15) is 0 Å². The molecule has 118 valence electrons. The number of carbonyl (C=O) groups excluding carboxylic acids is 2. The maximum Gasteiger partial charge on any atom is 0.274 e. The predicted octanol–water partition coefficient (Wildman–Crippen LogP) is 2.76. The number of aromatic nitrogens is 1. The van der Waals surface area contributed by atoms with Gasteiger partial charge < -0.3 is 10.2 Å². The molecule has 0 unspecified atom stereocenters. The highest BCUT2D eigenvalue weighted by Crippen LogP contribution is 2.17. The number of aryl methyl sites for hydroxylation is 1. The maximum absolute atomic E-state index is 12.2. The second kappa shape index (κ2) is 6.60. The fourth-order valence-electron chi connectivity index (χ4n) is 2.70. The molecule has 1 N–H and O–H groups in total. The third-order valence-corrected chi connectivity index (χ3v) is 3.85. The molecule has 2 aromatic rings. The molecular weight excluding hydrogens is 290 g/mol. The fraction of sp³-hybridized carbons (Fsp3) is 0.278. The van der Waals surface area contributed by atoms with Gasteiger partial charge in [-0.05, 0) is 43.2 Å². The Kier molecular flexibility index (Phi) is 4.37. The third kappa shape index (κ3) is 3.74. The normalized spacial score (nSPS) is 14.1. The number of benzene rings is 1. The van der Waals surface area contributed by atoms with Crippen molar-refractivity contribution < 1.29 is 9.59 Å². The second-order valence-corrected chi connectivity index (χ2v) is 5.74. The lowest BCUT2D eigenvalue weighted by molar-refractivity contribution is -0.128. The van der Waals surface area contributed by atoms with Crippen molar-refractivity contribution in [3.05, 3.63) is 59.4 Å². The minimum Gasteiger partial charge on any atom is -0.338 e. The van der Waals surface area contributed by atoms with Gasteiger partial charge in [0.15, 0.2) is 0 Å². The van der Waals surface area contributed by atoms with E-state index in [0.717, 1.165) is 24.2 Å². The molecule has 1 aromatic carbocycles. The Morgan fingerprint density at radius 3 is 2.83 bits per heavy atom. The van der Waals surface area contributed by atoms with Crippen molar-refractivity contribution in [3.63, 3.8) is 0 Å². The molecule has 0 atom stereocenters. The molecule has 23 heavy (non-hydrogen) atoms. The average molecular weight is 309 g/mol. The zero-order valence-electron chi connectivity index (χ0n) is 13.1. The van der Waals surface area contributed by atoms with E-state index in [0.29, 0.717) is 24.3 Å². The first-order chi connectivity index (χ1) is 11.1. The molecule has 0 spiro atoms. The van der Waals surface area contributed by atoms with E-state index in [4.69, 9.17) is 0 Å². The van der Waals surface area contributed by atoms with Crippen LogP contribution in [0, 0.1) is 6.92 Å². The first-order valence-corrected chi connectivity index (χ1v) is 7.73. The monoisotopic (exact) mass is 309 g/mol. The number of nitrogens with zero attached hydrogens (tertiary/aromatic N) is 2. The van der Waals surface area contributed by atoms with Gasteiger partial charge in [0.2, 0.25) is 5.91 Å². The Labute approximate surface area is 135 Å². The van der Waals surface area contributed by atoms with E-state index in [9.17, 15) is 9.59 Å². The van der Waals surface area contributed by atoms with Crippen molar-refractivity contribution >= 4 is 17.5 Å². The van der Waals surface area contributed by atoms with E-state index in [1.165, 1.54) is 0 Å². The zero-order valence-corrected chi connectivity index (χ0v) is 13.1. The number of pyridine rings is 1. The van der Waals surface area contributed by atoms with Crippen LogP contribution in [0.2, 0.25) is 0 Å². The molecule has 1 aliphatic heterocycles. The lowest BCUT2D eigenvalue weighted by Gasteiger charge is -2.16. The second-order valence-electron chi connectivity index (χ2n) is 5.74. The van der Waals surface area contributed by atoms with Crippen LogP contribution in [-0.2, 0) is 11.3 Å². The molecule has 5 nitrogen and oxygen atoms in total. The highest BCUT2D eigenvalue weighted by Gasteiger charge is 2.20. The Bertz CT molecular complexity index is 743. The summed E-state index contributed by atoms with van der Waals surface area (Å²) in [5.41, 5.74) is 2.92. The number of hydrogen-bond donors (Lipinski definition) is 1. The average Bonchev–Trinajstić information content (AvgIpc) is 2.93. The molecule has 3 rings (SSSR count). The Balaban J connectivity index is 1.70. The van der Waals surface area contributed by atoms with Crippen LogP contribution < -0.4 is 5.32 Å². The molecule has 1 saturated heterocycles. The number of amides is 2. The van der Waals surface area contributed by atoms with Crippen molar-refractivity contribution in [2.45, 2.75) is 26.3 Å². The predicted molar refractivity (Wildman–Crippen MR) is 88.0 cm³/mol. The molecular formula is C18H19N3O2. The molecule has 1 fully saturated rings. The van der Waals surface area contributed by atoms with Gasteiger partial charge in [-0.3, -0.25) is 9.59 Å². The number of likely N-dealkylation sites (tertiary alicyclic amines) is 1. The Hall–Kier alpha value is -2.69. The SMILES string of the molecule is Cc1cccc(C(=O)Nc2cccc(CN3CCCC3=O)c2)n1. The van der Waals surface area contributed by atoms with Crippen LogP contribution in [0.15, 0.2) is 42.5 Å². The van der Waals surface area contributed by atoms with Crippen LogP contribution >= 0.6 is 0 Å². The Morgan fingerprint density at radius 2 is 2.09 bits per heavy atom. The van der Waals surface area contributed by atoms with Crippen LogP contribution in [0.1, 0.15) is 34.6 Å². The summed E-state index contributed by atoms with van der Waals surface area (Å²) in [5, 5.41) is 2.86. The number of anilines is 1. The first-order valence-electron chi connectivity index (χ1n) is 7.73. The first kappa shape index (κ1) is 15.2. The number of rotatable bonds is 4. The van der Waals surface area contributed by atoms with E-state index in [2.05, 4.69) is 10.3 Å². The quantitative estimate of drug-likeness (QED) is 0.944. The van der Waals surface area contributed by atoms with Gasteiger partial charge >= 0.3 is 0 Å². The summed E-state index contributed by atoms with van der Waals surface area (Å²) < 4.78 is 0. The van der Waals surface area contributed by atoms with Gasteiger partial charge in [0.25, 0.3) is 5.91 Å². The summed E-state index contributed by atoms with van der Waals surface area (Å²) in [6.45, 7) is 3.25. The van der Waals surface area contributed by atoms with Crippen LogP contribution in [0.25, 0.3) is 0 Å². The van der Waals surface area contributed by atoms with E-state index in [1.807, 2.05) is 48.2 Å². The Morgan fingerprint density at radius 1 is 1.26 bits per heavy atom. The molecule has 2 amide bonds. The van der Waals surface area contributed by atoms with Gasteiger partial charge in [0.1, 0.15) is 5.69 Å². The van der Waals surface area contributed by atoms with Gasteiger partial charge in [-0.15, -0.1) is 0 Å². The van der Waals surface area contributed by atoms with Crippen molar-refractivity contribution in [1.82, 2.24) is 9.88 Å². The number of hydrogen-bond acceptors (Lipinski definition) is 3. The van der Waals surface area contributed by atoms with Gasteiger partial charge in [-0.25, -0.2) is 4.98 Å². The molecule has 2 heterocycles. The minimum absolute atomic E-state index is 0.198. The summed E-state index contributed by atoms with van der Waals surface area (Å²) in [5.74, 6) is -0.0356. The van der Waals surface area contributed by atoms with Gasteiger partial charge in [0, 0.05) is 30.9 Å². The molecule has 5 heteroatoms. The molecule has 1 aromatic heterocycles. The highest BCUT2D eigenvalue weighted by molar-refractivity contribution is 6.02. The fourth-order valence-corrected chi connectivity index (χ4v) is 2.70. The lowest BCUT2D eigenvalue weighted by Crippen LogP contribution is -2.23. The summed E-state index contributed by atoms with van der Waals surface area (Å²) in [7, 11) is 0. The minimum atomic E-state index is -0.233. The summed E-state index contributed by atoms with van der Waals surface area (Å²) in [6.07, 6.45) is 1.56. The number of nitrogens with one attached hydrogen (secondary N) is 1. The molecule has 0 bridgehead atoms. The van der Waals surface area contributed by atoms with Crippen LogP contribution in [0.5, 0.6) is 0 Å². The lowest BCUT2D eigenvalue weighted by atomic mass is 10.2. The van der Waals surface area contributed by atoms with E-state index >= 15 is 0 Å². The van der Waals surface area contributed by atoms with Crippen molar-refractivity contribution in [1.29, 1.82) is 0 Å². The molecule has 0 radical (unpaired) electrons. The topological polar surface area (TPSA) is 62.3 Å². The van der Waals surface area contributed by atoms with Crippen LogP contribution in [-0.4, -0.2) is 28.2 Å². The van der Waals surface area contributed by atoms with E-state index in [1.54, 1.807) is 6.07 Å². The smallest absolute Gasteiger partial charge is 0.274 e. The maximum atomic E-state index is 12.2. The van der Waals surface area contributed by atoms with Gasteiger partial charge in [0.05, 0.1) is 0 Å². The third-order valence-electron chi connectivity index (χ3n) is 3.85. The molecule has 1 aliphatic rings. The van der Waals surface area contributed by atoms with Crippen molar-refractivity contribution in [2.24, 2.45) is 0 Å². The largest absolute Gasteiger partial charge is 0.338 e. The van der Waals surface area contributed by atoms with E-state index < -0.39 is 0 Å².